The molecule has 6 nitrogen and oxygen atoms in total. The molecule has 0 saturated carbocycles. The van der Waals surface area contributed by atoms with Crippen LogP contribution in [-0.2, 0) is 0 Å². The Hall–Kier alpha value is -2.32. The highest BCUT2D eigenvalue weighted by molar-refractivity contribution is 7.98. The summed E-state index contributed by atoms with van der Waals surface area (Å²) in [6.45, 7) is 3.78. The van der Waals surface area contributed by atoms with Crippen molar-refractivity contribution in [3.8, 4) is 11.5 Å². The lowest BCUT2D eigenvalue weighted by Crippen LogP contribution is -2.45. The third-order valence-electron chi connectivity index (χ3n) is 5.55. The van der Waals surface area contributed by atoms with Gasteiger partial charge in [-0.15, -0.1) is 11.8 Å². The molecule has 0 aliphatic carbocycles. The lowest BCUT2D eigenvalue weighted by molar-refractivity contribution is 0.0473. The summed E-state index contributed by atoms with van der Waals surface area (Å²) >= 11 is 1.48. The average Bonchev–Trinajstić information content (AvgIpc) is 2.78. The van der Waals surface area contributed by atoms with Crippen LogP contribution in [0.4, 0.5) is 4.39 Å². The molecule has 1 amide bonds. The van der Waals surface area contributed by atoms with Crippen molar-refractivity contribution in [2.75, 3.05) is 39.0 Å². The first kappa shape index (κ1) is 20.9. The summed E-state index contributed by atoms with van der Waals surface area (Å²) in [6, 6.07) is 7.96. The van der Waals surface area contributed by atoms with Crippen LogP contribution >= 0.6 is 11.8 Å². The molecule has 160 valence electrons. The number of nitrogens with one attached hydrogen (secondary N) is 1. The van der Waals surface area contributed by atoms with Gasteiger partial charge in [0.2, 0.25) is 0 Å². The lowest BCUT2D eigenvalue weighted by Gasteiger charge is -2.35. The number of halogens is 1. The van der Waals surface area contributed by atoms with Crippen molar-refractivity contribution in [2.24, 2.45) is 5.92 Å². The predicted octanol–water partition coefficient (Wildman–Crippen LogP) is 3.22. The average molecular weight is 432 g/mol. The van der Waals surface area contributed by atoms with Gasteiger partial charge in [-0.05, 0) is 62.4 Å². The van der Waals surface area contributed by atoms with Crippen molar-refractivity contribution in [1.82, 2.24) is 15.2 Å². The summed E-state index contributed by atoms with van der Waals surface area (Å²) in [4.78, 5) is 19.1. The van der Waals surface area contributed by atoms with E-state index in [1.807, 2.05) is 12.3 Å². The van der Waals surface area contributed by atoms with E-state index < -0.39 is 0 Å². The van der Waals surface area contributed by atoms with Crippen molar-refractivity contribution >= 4 is 17.7 Å². The van der Waals surface area contributed by atoms with Crippen LogP contribution in [0.5, 0.6) is 11.5 Å². The number of carbonyl (C=O) groups is 1. The van der Waals surface area contributed by atoms with Gasteiger partial charge in [0.1, 0.15) is 23.6 Å². The zero-order valence-corrected chi connectivity index (χ0v) is 17.8. The van der Waals surface area contributed by atoms with Crippen LogP contribution in [0.2, 0.25) is 0 Å². The highest BCUT2D eigenvalue weighted by Gasteiger charge is 2.27. The molecule has 4 rings (SSSR count). The number of hydrogen-bond donors (Lipinski definition) is 1. The summed E-state index contributed by atoms with van der Waals surface area (Å²) in [5.41, 5.74) is 0.633. The van der Waals surface area contributed by atoms with Crippen molar-refractivity contribution in [3.05, 3.63) is 47.9 Å². The second-order valence-electron chi connectivity index (χ2n) is 7.66. The largest absolute Gasteiger partial charge is 0.486 e. The summed E-state index contributed by atoms with van der Waals surface area (Å²) in [5.74, 6) is 1.15. The van der Waals surface area contributed by atoms with Gasteiger partial charge in [-0.3, -0.25) is 9.69 Å². The summed E-state index contributed by atoms with van der Waals surface area (Å²) in [5, 5.41) is 3.82. The minimum Gasteiger partial charge on any atom is -0.486 e. The van der Waals surface area contributed by atoms with Gasteiger partial charge in [0.15, 0.2) is 11.5 Å². The predicted molar refractivity (Wildman–Crippen MR) is 114 cm³/mol. The Morgan fingerprint density at radius 3 is 2.93 bits per heavy atom. The van der Waals surface area contributed by atoms with Crippen molar-refractivity contribution in [1.29, 1.82) is 0 Å². The maximum Gasteiger partial charge on any atom is 0.254 e. The normalized spacial score (nSPS) is 19.5. The first-order valence-corrected chi connectivity index (χ1v) is 11.4. The fourth-order valence-electron chi connectivity index (χ4n) is 3.90. The SMILES string of the molecule is CSc1ncccc1C(=O)NCC1CCN(CC2COc3ccc(F)cc3O2)CC1. The first-order valence-electron chi connectivity index (χ1n) is 10.2. The zero-order chi connectivity index (χ0) is 20.9. The molecular weight excluding hydrogens is 405 g/mol. The van der Waals surface area contributed by atoms with E-state index in [1.165, 1.54) is 23.9 Å². The van der Waals surface area contributed by atoms with Crippen LogP contribution in [0, 0.1) is 11.7 Å². The summed E-state index contributed by atoms with van der Waals surface area (Å²) in [6.07, 6.45) is 5.55. The highest BCUT2D eigenvalue weighted by atomic mass is 32.2. The second kappa shape index (κ2) is 9.66. The molecule has 1 fully saturated rings. The Morgan fingerprint density at radius 2 is 2.13 bits per heavy atom. The molecule has 1 unspecified atom stereocenters. The number of ether oxygens (including phenoxy) is 2. The van der Waals surface area contributed by atoms with Gasteiger partial charge in [-0.1, -0.05) is 0 Å². The smallest absolute Gasteiger partial charge is 0.254 e. The lowest BCUT2D eigenvalue weighted by atomic mass is 9.96. The number of likely N-dealkylation sites (tertiary alicyclic amines) is 1. The van der Waals surface area contributed by atoms with E-state index in [4.69, 9.17) is 9.47 Å². The van der Waals surface area contributed by atoms with Crippen molar-refractivity contribution in [2.45, 2.75) is 24.0 Å². The number of pyridine rings is 1. The van der Waals surface area contributed by atoms with E-state index in [2.05, 4.69) is 15.2 Å². The van der Waals surface area contributed by atoms with Gasteiger partial charge >= 0.3 is 0 Å². The highest BCUT2D eigenvalue weighted by Crippen LogP contribution is 2.32. The Balaban J connectivity index is 1.21. The Labute approximate surface area is 180 Å². The number of carbonyl (C=O) groups excluding carboxylic acids is 1. The number of thioether (sulfide) groups is 1. The van der Waals surface area contributed by atoms with E-state index in [-0.39, 0.29) is 17.8 Å². The van der Waals surface area contributed by atoms with E-state index in [0.29, 0.717) is 36.1 Å². The van der Waals surface area contributed by atoms with Crippen LogP contribution in [-0.4, -0.2) is 60.9 Å². The van der Waals surface area contributed by atoms with E-state index in [0.717, 1.165) is 37.5 Å². The molecule has 1 aromatic carbocycles. The molecule has 2 aliphatic rings. The Bertz CT molecular complexity index is 890. The molecule has 8 heteroatoms. The number of fused-ring (bicyclic) bond motifs is 1. The van der Waals surface area contributed by atoms with Gasteiger partial charge < -0.3 is 14.8 Å². The fraction of sp³-hybridized carbons (Fsp3) is 0.455. The van der Waals surface area contributed by atoms with E-state index in [1.54, 1.807) is 18.3 Å². The van der Waals surface area contributed by atoms with Gasteiger partial charge in [-0.25, -0.2) is 9.37 Å². The van der Waals surface area contributed by atoms with Crippen LogP contribution < -0.4 is 14.8 Å². The van der Waals surface area contributed by atoms with Crippen LogP contribution in [0.3, 0.4) is 0 Å². The molecule has 1 N–H and O–H groups in total. The van der Waals surface area contributed by atoms with E-state index >= 15 is 0 Å². The topological polar surface area (TPSA) is 63.7 Å². The molecule has 0 bridgehead atoms. The number of hydrogen-bond acceptors (Lipinski definition) is 6. The maximum atomic E-state index is 13.4. The molecule has 2 aliphatic heterocycles. The number of amides is 1. The molecule has 1 saturated heterocycles. The van der Waals surface area contributed by atoms with Gasteiger partial charge in [0.25, 0.3) is 5.91 Å². The molecule has 30 heavy (non-hydrogen) atoms. The van der Waals surface area contributed by atoms with Crippen molar-refractivity contribution in [3.63, 3.8) is 0 Å². The fourth-order valence-corrected chi connectivity index (χ4v) is 4.45. The summed E-state index contributed by atoms with van der Waals surface area (Å²) < 4.78 is 25.1. The number of benzene rings is 1. The maximum absolute atomic E-state index is 13.4. The Kier molecular flexibility index (Phi) is 6.74. The number of piperidine rings is 1. The second-order valence-corrected chi connectivity index (χ2v) is 8.45. The molecular formula is C22H26FN3O3S. The van der Waals surface area contributed by atoms with E-state index in [9.17, 15) is 9.18 Å². The quantitative estimate of drug-likeness (QED) is 0.709. The molecule has 1 aromatic heterocycles. The number of nitrogens with zero attached hydrogens (tertiary/aromatic N) is 2. The third kappa shape index (κ3) is 5.05. The first-order chi connectivity index (χ1) is 14.6. The molecule has 0 radical (unpaired) electrons. The third-order valence-corrected chi connectivity index (χ3v) is 6.27. The number of aromatic nitrogens is 1. The molecule has 0 spiro atoms. The zero-order valence-electron chi connectivity index (χ0n) is 17.0. The van der Waals surface area contributed by atoms with Crippen LogP contribution in [0.1, 0.15) is 23.2 Å². The molecule has 2 aromatic rings. The minimum atomic E-state index is -0.322. The minimum absolute atomic E-state index is 0.0615. The van der Waals surface area contributed by atoms with Crippen molar-refractivity contribution < 1.29 is 18.7 Å². The molecule has 1 atom stereocenters. The monoisotopic (exact) mass is 431 g/mol. The van der Waals surface area contributed by atoms with Gasteiger partial charge in [-0.2, -0.15) is 0 Å². The van der Waals surface area contributed by atoms with Crippen LogP contribution in [0.25, 0.3) is 0 Å². The van der Waals surface area contributed by atoms with Gasteiger partial charge in [0, 0.05) is 25.4 Å². The van der Waals surface area contributed by atoms with Gasteiger partial charge in [0.05, 0.1) is 5.56 Å². The Morgan fingerprint density at radius 1 is 1.30 bits per heavy atom. The number of rotatable bonds is 6. The molecule has 3 heterocycles. The summed E-state index contributed by atoms with van der Waals surface area (Å²) in [7, 11) is 0. The van der Waals surface area contributed by atoms with Crippen LogP contribution in [0.15, 0.2) is 41.6 Å². The standard InChI is InChI=1S/C22H26FN3O3S/c1-30-22-18(3-2-8-24-22)21(27)25-12-15-6-9-26(10-7-15)13-17-14-28-19-5-4-16(23)11-20(19)29-17/h2-5,8,11,15,17H,6-7,9-10,12-14H2,1H3,(H,25,27).